The van der Waals surface area contributed by atoms with Crippen LogP contribution in [0.2, 0.25) is 0 Å². The SMILES string of the molecule is CCCCOc1ccc([C@H]2[C@H](N3C(=O)c4ccccc4C3=O)C(=O)N2c2ccc(Br)cc2)cc1. The number of anilines is 1. The number of nitrogens with zero attached hydrogens (tertiary/aromatic N) is 2. The normalized spacial score (nSPS) is 19.3. The van der Waals surface area contributed by atoms with Crippen LogP contribution < -0.4 is 9.64 Å². The van der Waals surface area contributed by atoms with Gasteiger partial charge in [0.1, 0.15) is 11.8 Å². The summed E-state index contributed by atoms with van der Waals surface area (Å²) in [6, 6.07) is 20.2. The third kappa shape index (κ3) is 3.70. The Labute approximate surface area is 206 Å². The molecule has 2 aliphatic rings. The van der Waals surface area contributed by atoms with Gasteiger partial charge in [0.25, 0.3) is 17.7 Å². The molecule has 3 aromatic carbocycles. The molecule has 2 heterocycles. The fourth-order valence-electron chi connectivity index (χ4n) is 4.50. The number of ether oxygens (including phenoxy) is 1. The summed E-state index contributed by atoms with van der Waals surface area (Å²) in [7, 11) is 0. The molecule has 3 amide bonds. The number of amides is 3. The highest BCUT2D eigenvalue weighted by molar-refractivity contribution is 9.10. The topological polar surface area (TPSA) is 66.9 Å². The number of carbonyl (C=O) groups is 3. The maximum atomic E-state index is 13.4. The molecule has 3 aromatic rings. The van der Waals surface area contributed by atoms with E-state index in [-0.39, 0.29) is 5.91 Å². The van der Waals surface area contributed by atoms with Gasteiger partial charge in [-0.15, -0.1) is 0 Å². The molecule has 0 N–H and O–H groups in total. The first-order chi connectivity index (χ1) is 16.5. The van der Waals surface area contributed by atoms with Crippen LogP contribution in [0.1, 0.15) is 52.1 Å². The molecule has 0 aliphatic carbocycles. The zero-order chi connectivity index (χ0) is 23.8. The average Bonchev–Trinajstić information content (AvgIpc) is 3.10. The van der Waals surface area contributed by atoms with Crippen LogP contribution in [0.3, 0.4) is 0 Å². The fraction of sp³-hybridized carbons (Fsp3) is 0.222. The molecule has 2 aliphatic heterocycles. The van der Waals surface area contributed by atoms with Crippen LogP contribution in [0.25, 0.3) is 0 Å². The van der Waals surface area contributed by atoms with Gasteiger partial charge in [-0.2, -0.15) is 0 Å². The summed E-state index contributed by atoms with van der Waals surface area (Å²) in [4.78, 5) is 42.5. The van der Waals surface area contributed by atoms with Crippen molar-refractivity contribution in [1.82, 2.24) is 4.90 Å². The zero-order valence-corrected chi connectivity index (χ0v) is 20.2. The van der Waals surface area contributed by atoms with E-state index in [1.165, 1.54) is 0 Å². The van der Waals surface area contributed by atoms with E-state index in [1.807, 2.05) is 48.5 Å². The van der Waals surface area contributed by atoms with Gasteiger partial charge in [0.05, 0.1) is 23.8 Å². The molecule has 0 saturated carbocycles. The van der Waals surface area contributed by atoms with Gasteiger partial charge in [0, 0.05) is 10.2 Å². The summed E-state index contributed by atoms with van der Waals surface area (Å²) < 4.78 is 6.67. The molecule has 0 unspecified atom stereocenters. The van der Waals surface area contributed by atoms with E-state index in [2.05, 4.69) is 22.9 Å². The molecule has 6 nitrogen and oxygen atoms in total. The van der Waals surface area contributed by atoms with Crippen molar-refractivity contribution in [2.45, 2.75) is 31.8 Å². The van der Waals surface area contributed by atoms with Crippen molar-refractivity contribution < 1.29 is 19.1 Å². The number of rotatable bonds is 7. The molecular formula is C27H23BrN2O4. The first kappa shape index (κ1) is 22.3. The standard InChI is InChI=1S/C27H23BrN2O4/c1-2-3-16-34-20-14-8-17(9-15-20)23-24(27(33)29(23)19-12-10-18(28)11-13-19)30-25(31)21-6-4-5-7-22(21)26(30)32/h4-15,23-24H,2-3,16H2,1H3/t23-,24-/m0/s1. The number of halogens is 1. The Morgan fingerprint density at radius 2 is 1.41 bits per heavy atom. The summed E-state index contributed by atoms with van der Waals surface area (Å²) in [5.74, 6) is -0.404. The first-order valence-corrected chi connectivity index (χ1v) is 12.1. The molecule has 0 bridgehead atoms. The van der Waals surface area contributed by atoms with E-state index in [0.29, 0.717) is 23.4 Å². The maximum Gasteiger partial charge on any atom is 0.262 e. The lowest BCUT2D eigenvalue weighted by Gasteiger charge is -2.49. The molecule has 1 fully saturated rings. The van der Waals surface area contributed by atoms with Crippen molar-refractivity contribution in [3.8, 4) is 5.75 Å². The summed E-state index contributed by atoms with van der Waals surface area (Å²) in [5.41, 5.74) is 2.20. The van der Waals surface area contributed by atoms with Gasteiger partial charge in [0.2, 0.25) is 0 Å². The molecule has 7 heteroatoms. The lowest BCUT2D eigenvalue weighted by molar-refractivity contribution is -0.130. The minimum absolute atomic E-state index is 0.287. The van der Waals surface area contributed by atoms with E-state index in [1.54, 1.807) is 29.2 Å². The van der Waals surface area contributed by atoms with E-state index in [4.69, 9.17) is 4.74 Å². The summed E-state index contributed by atoms with van der Waals surface area (Å²) in [5, 5.41) is 0. The van der Waals surface area contributed by atoms with E-state index >= 15 is 0 Å². The highest BCUT2D eigenvalue weighted by Crippen LogP contribution is 2.44. The van der Waals surface area contributed by atoms with Gasteiger partial charge in [-0.25, -0.2) is 0 Å². The number of unbranched alkanes of at least 4 members (excludes halogenated alkanes) is 1. The number of fused-ring (bicyclic) bond motifs is 1. The summed E-state index contributed by atoms with van der Waals surface area (Å²) >= 11 is 3.43. The Morgan fingerprint density at radius 1 is 0.794 bits per heavy atom. The van der Waals surface area contributed by atoms with E-state index in [0.717, 1.165) is 33.5 Å². The second-order valence-electron chi connectivity index (χ2n) is 8.37. The van der Waals surface area contributed by atoms with Crippen molar-refractivity contribution >= 4 is 39.3 Å². The molecule has 0 radical (unpaired) electrons. The van der Waals surface area contributed by atoms with Crippen molar-refractivity contribution in [2.24, 2.45) is 0 Å². The van der Waals surface area contributed by atoms with Crippen molar-refractivity contribution in [3.05, 3.63) is 94.0 Å². The van der Waals surface area contributed by atoms with Crippen LogP contribution in [0.4, 0.5) is 5.69 Å². The minimum atomic E-state index is -0.914. The Bertz CT molecular complexity index is 1220. The molecule has 2 atom stereocenters. The zero-order valence-electron chi connectivity index (χ0n) is 18.6. The Balaban J connectivity index is 1.50. The molecule has 5 rings (SSSR count). The largest absolute Gasteiger partial charge is 0.494 e. The summed E-state index contributed by atoms with van der Waals surface area (Å²) in [6.45, 7) is 2.75. The molecule has 1 saturated heterocycles. The highest BCUT2D eigenvalue weighted by Gasteiger charge is 2.57. The number of hydrogen-bond donors (Lipinski definition) is 0. The molecular weight excluding hydrogens is 496 g/mol. The number of β-lactam (4-membered cyclic amide) rings is 1. The molecule has 172 valence electrons. The predicted octanol–water partition coefficient (Wildman–Crippen LogP) is 5.38. The van der Waals surface area contributed by atoms with Crippen LogP contribution in [0.15, 0.2) is 77.3 Å². The molecule has 0 spiro atoms. The first-order valence-electron chi connectivity index (χ1n) is 11.3. The number of hydrogen-bond acceptors (Lipinski definition) is 4. The Hall–Kier alpha value is -3.45. The third-order valence-corrected chi connectivity index (χ3v) is 6.79. The average molecular weight is 519 g/mol. The van der Waals surface area contributed by atoms with Crippen molar-refractivity contribution in [3.63, 3.8) is 0 Å². The highest BCUT2D eigenvalue weighted by atomic mass is 79.9. The third-order valence-electron chi connectivity index (χ3n) is 6.26. The van der Waals surface area contributed by atoms with Crippen molar-refractivity contribution in [1.29, 1.82) is 0 Å². The predicted molar refractivity (Wildman–Crippen MR) is 132 cm³/mol. The number of imide groups is 1. The Morgan fingerprint density at radius 3 is 2.00 bits per heavy atom. The van der Waals surface area contributed by atoms with Crippen LogP contribution in [0.5, 0.6) is 5.75 Å². The van der Waals surface area contributed by atoms with Gasteiger partial charge in [0.15, 0.2) is 0 Å². The molecule has 0 aromatic heterocycles. The van der Waals surface area contributed by atoms with Gasteiger partial charge in [-0.05, 0) is 60.5 Å². The Kier molecular flexibility index (Phi) is 5.96. The van der Waals surface area contributed by atoms with E-state index < -0.39 is 23.9 Å². The van der Waals surface area contributed by atoms with Gasteiger partial charge in [-0.3, -0.25) is 19.3 Å². The monoisotopic (exact) mass is 518 g/mol. The quantitative estimate of drug-likeness (QED) is 0.239. The second-order valence-corrected chi connectivity index (χ2v) is 9.29. The number of carbonyl (C=O) groups excluding carboxylic acids is 3. The van der Waals surface area contributed by atoms with Gasteiger partial charge >= 0.3 is 0 Å². The van der Waals surface area contributed by atoms with Crippen LogP contribution in [-0.4, -0.2) is 35.3 Å². The second kappa shape index (κ2) is 9.06. The van der Waals surface area contributed by atoms with E-state index in [9.17, 15) is 14.4 Å². The molecule has 34 heavy (non-hydrogen) atoms. The minimum Gasteiger partial charge on any atom is -0.494 e. The van der Waals surface area contributed by atoms with Crippen LogP contribution in [-0.2, 0) is 4.79 Å². The van der Waals surface area contributed by atoms with Gasteiger partial charge < -0.3 is 9.64 Å². The smallest absolute Gasteiger partial charge is 0.262 e. The van der Waals surface area contributed by atoms with Gasteiger partial charge in [-0.1, -0.05) is 53.5 Å². The van der Waals surface area contributed by atoms with Crippen molar-refractivity contribution in [2.75, 3.05) is 11.5 Å². The van der Waals surface area contributed by atoms with Crippen LogP contribution >= 0.6 is 15.9 Å². The lowest BCUT2D eigenvalue weighted by atomic mass is 9.86. The number of benzene rings is 3. The van der Waals surface area contributed by atoms with Crippen LogP contribution in [0, 0.1) is 0 Å². The fourth-order valence-corrected chi connectivity index (χ4v) is 4.77. The lowest BCUT2D eigenvalue weighted by Crippen LogP contribution is -2.67. The summed E-state index contributed by atoms with van der Waals surface area (Å²) in [6.07, 6.45) is 2.02. The maximum absolute atomic E-state index is 13.4.